The van der Waals surface area contributed by atoms with Gasteiger partial charge in [0.2, 0.25) is 5.95 Å². The van der Waals surface area contributed by atoms with Gasteiger partial charge in [-0.25, -0.2) is 14.6 Å². The van der Waals surface area contributed by atoms with Crippen LogP contribution in [-0.4, -0.2) is 19.7 Å². The molecule has 0 aromatic carbocycles. The second kappa shape index (κ2) is 3.32. The highest BCUT2D eigenvalue weighted by Crippen LogP contribution is 1.99. The molecule has 0 aliphatic heterocycles. The molecule has 2 rings (SSSR count). The number of rotatable bonds is 2. The van der Waals surface area contributed by atoms with E-state index in [-0.39, 0.29) is 0 Å². The molecule has 0 saturated carbocycles. The molecule has 0 unspecified atom stereocenters. The normalized spacial score (nSPS) is 10.2. The lowest BCUT2D eigenvalue weighted by Gasteiger charge is -1.96. The summed E-state index contributed by atoms with van der Waals surface area (Å²) in [6.07, 6.45) is 5.13. The Morgan fingerprint density at radius 3 is 2.69 bits per heavy atom. The zero-order valence-corrected chi connectivity index (χ0v) is 6.96. The largest absolute Gasteiger partial charge is 0.325 e. The third kappa shape index (κ3) is 1.54. The Kier molecular flexibility index (Phi) is 2.01. The van der Waals surface area contributed by atoms with Crippen molar-refractivity contribution in [3.63, 3.8) is 0 Å². The van der Waals surface area contributed by atoms with Gasteiger partial charge in [-0.05, 0) is 12.1 Å². The van der Waals surface area contributed by atoms with Crippen molar-refractivity contribution in [1.82, 2.24) is 19.7 Å². The summed E-state index contributed by atoms with van der Waals surface area (Å²) in [5.41, 5.74) is 6.25. The van der Waals surface area contributed by atoms with Crippen molar-refractivity contribution in [2.45, 2.75) is 6.54 Å². The number of hydrogen-bond acceptors (Lipinski definition) is 4. The summed E-state index contributed by atoms with van der Waals surface area (Å²) in [6, 6.07) is 3.60. The van der Waals surface area contributed by atoms with Crippen LogP contribution in [0.15, 0.2) is 30.7 Å². The fraction of sp³-hybridized carbons (Fsp3) is 0.125. The molecule has 0 bridgehead atoms. The van der Waals surface area contributed by atoms with Gasteiger partial charge >= 0.3 is 0 Å². The average molecular weight is 175 g/mol. The Hall–Kier alpha value is -1.75. The number of nitrogens with two attached hydrogens (primary N) is 1. The van der Waals surface area contributed by atoms with Crippen molar-refractivity contribution in [2.24, 2.45) is 5.73 Å². The quantitative estimate of drug-likeness (QED) is 0.703. The van der Waals surface area contributed by atoms with Gasteiger partial charge < -0.3 is 5.73 Å². The molecule has 2 heterocycles. The maximum Gasteiger partial charge on any atom is 0.250 e. The zero-order chi connectivity index (χ0) is 9.10. The van der Waals surface area contributed by atoms with Crippen LogP contribution in [0, 0.1) is 0 Å². The van der Waals surface area contributed by atoms with Gasteiger partial charge in [-0.2, -0.15) is 5.10 Å². The van der Waals surface area contributed by atoms with Crippen molar-refractivity contribution in [3.05, 3.63) is 36.4 Å². The van der Waals surface area contributed by atoms with Crippen molar-refractivity contribution in [2.75, 3.05) is 0 Å². The zero-order valence-electron chi connectivity index (χ0n) is 6.96. The minimum absolute atomic E-state index is 0.430. The van der Waals surface area contributed by atoms with Gasteiger partial charge in [0.15, 0.2) is 0 Å². The summed E-state index contributed by atoms with van der Waals surface area (Å²) in [5, 5.41) is 4.17. The Bertz CT molecular complexity index is 380. The van der Waals surface area contributed by atoms with Crippen LogP contribution in [0.4, 0.5) is 0 Å². The van der Waals surface area contributed by atoms with Crippen LogP contribution >= 0.6 is 0 Å². The standard InChI is InChI=1S/C8H9N5/c9-6-7-2-5-13(12-7)8-10-3-1-4-11-8/h1-5H,6,9H2. The fourth-order valence-electron chi connectivity index (χ4n) is 0.991. The molecule has 0 atom stereocenters. The summed E-state index contributed by atoms with van der Waals surface area (Å²) in [6.45, 7) is 0.430. The van der Waals surface area contributed by atoms with E-state index in [0.29, 0.717) is 12.5 Å². The van der Waals surface area contributed by atoms with Crippen LogP contribution in [0.25, 0.3) is 5.95 Å². The molecule has 0 aliphatic carbocycles. The lowest BCUT2D eigenvalue weighted by molar-refractivity contribution is 0.781. The van der Waals surface area contributed by atoms with Gasteiger partial charge in [-0.3, -0.25) is 0 Å². The molecular weight excluding hydrogens is 166 g/mol. The second-order valence-electron chi connectivity index (χ2n) is 2.50. The van der Waals surface area contributed by atoms with E-state index >= 15 is 0 Å². The van der Waals surface area contributed by atoms with Gasteiger partial charge in [0.05, 0.1) is 5.69 Å². The van der Waals surface area contributed by atoms with E-state index in [2.05, 4.69) is 15.1 Å². The first-order valence-corrected chi connectivity index (χ1v) is 3.92. The van der Waals surface area contributed by atoms with Crippen LogP contribution in [-0.2, 0) is 6.54 Å². The summed E-state index contributed by atoms with van der Waals surface area (Å²) < 4.78 is 1.60. The molecule has 5 heteroatoms. The molecule has 0 spiro atoms. The minimum Gasteiger partial charge on any atom is -0.325 e. The highest BCUT2D eigenvalue weighted by molar-refractivity contribution is 5.11. The van der Waals surface area contributed by atoms with E-state index in [1.165, 1.54) is 0 Å². The lowest BCUT2D eigenvalue weighted by atomic mass is 10.4. The average Bonchev–Trinajstić information content (AvgIpc) is 2.67. The highest BCUT2D eigenvalue weighted by Gasteiger charge is 1.99. The molecular formula is C8H9N5. The monoisotopic (exact) mass is 175 g/mol. The Morgan fingerprint density at radius 2 is 2.08 bits per heavy atom. The summed E-state index contributed by atoms with van der Waals surface area (Å²) in [4.78, 5) is 8.09. The first-order valence-electron chi connectivity index (χ1n) is 3.92. The Labute approximate surface area is 75.2 Å². The minimum atomic E-state index is 0.430. The molecule has 66 valence electrons. The SMILES string of the molecule is NCc1ccn(-c2ncccn2)n1. The van der Waals surface area contributed by atoms with Crippen molar-refractivity contribution in [1.29, 1.82) is 0 Å². The maximum atomic E-state index is 5.42. The summed E-state index contributed by atoms with van der Waals surface area (Å²) in [5.74, 6) is 0.558. The molecule has 0 aliphatic rings. The van der Waals surface area contributed by atoms with Crippen LogP contribution in [0.1, 0.15) is 5.69 Å². The smallest absolute Gasteiger partial charge is 0.250 e. The topological polar surface area (TPSA) is 69.6 Å². The second-order valence-corrected chi connectivity index (χ2v) is 2.50. The van der Waals surface area contributed by atoms with Crippen LogP contribution in [0.5, 0.6) is 0 Å². The molecule has 2 aromatic heterocycles. The number of nitrogens with zero attached hydrogens (tertiary/aromatic N) is 4. The number of hydrogen-bond donors (Lipinski definition) is 1. The summed E-state index contributed by atoms with van der Waals surface area (Å²) >= 11 is 0. The van der Waals surface area contributed by atoms with Crippen molar-refractivity contribution in [3.8, 4) is 5.95 Å². The molecule has 2 N–H and O–H groups in total. The van der Waals surface area contributed by atoms with E-state index < -0.39 is 0 Å². The number of aromatic nitrogens is 4. The van der Waals surface area contributed by atoms with Crippen LogP contribution in [0.3, 0.4) is 0 Å². The van der Waals surface area contributed by atoms with Gasteiger partial charge in [-0.15, -0.1) is 0 Å². The lowest BCUT2D eigenvalue weighted by Crippen LogP contribution is -2.03. The highest BCUT2D eigenvalue weighted by atomic mass is 15.3. The van der Waals surface area contributed by atoms with Crippen LogP contribution < -0.4 is 5.73 Å². The molecule has 5 nitrogen and oxygen atoms in total. The third-order valence-corrected chi connectivity index (χ3v) is 1.61. The van der Waals surface area contributed by atoms with E-state index in [9.17, 15) is 0 Å². The third-order valence-electron chi connectivity index (χ3n) is 1.61. The molecule has 2 aromatic rings. The summed E-state index contributed by atoms with van der Waals surface area (Å²) in [7, 11) is 0. The van der Waals surface area contributed by atoms with E-state index in [0.717, 1.165) is 5.69 Å². The van der Waals surface area contributed by atoms with Gasteiger partial charge in [-0.1, -0.05) is 0 Å². The molecule has 0 saturated heterocycles. The van der Waals surface area contributed by atoms with Gasteiger partial charge in [0.25, 0.3) is 0 Å². The Balaban J connectivity index is 2.36. The predicted molar refractivity (Wildman–Crippen MR) is 47.0 cm³/mol. The molecule has 13 heavy (non-hydrogen) atoms. The van der Waals surface area contributed by atoms with Gasteiger partial charge in [0.1, 0.15) is 0 Å². The first kappa shape index (κ1) is 7.88. The Morgan fingerprint density at radius 1 is 1.31 bits per heavy atom. The van der Waals surface area contributed by atoms with E-state index in [1.54, 1.807) is 29.3 Å². The van der Waals surface area contributed by atoms with E-state index in [1.807, 2.05) is 6.07 Å². The first-order chi connectivity index (χ1) is 6.40. The van der Waals surface area contributed by atoms with Gasteiger partial charge in [0, 0.05) is 25.1 Å². The molecule has 0 amide bonds. The van der Waals surface area contributed by atoms with Crippen molar-refractivity contribution < 1.29 is 0 Å². The van der Waals surface area contributed by atoms with E-state index in [4.69, 9.17) is 5.73 Å². The molecule has 0 fully saturated rings. The van der Waals surface area contributed by atoms with Crippen LogP contribution in [0.2, 0.25) is 0 Å². The molecule has 0 radical (unpaired) electrons. The van der Waals surface area contributed by atoms with Crippen molar-refractivity contribution >= 4 is 0 Å². The predicted octanol–water partition coefficient (Wildman–Crippen LogP) is 0.121. The maximum absolute atomic E-state index is 5.42. The fourth-order valence-corrected chi connectivity index (χ4v) is 0.991.